The minimum Gasteiger partial charge on any atom is -0.494 e. The number of carbonyl (C=O) groups is 2. The number of amides is 2. The fourth-order valence-electron chi connectivity index (χ4n) is 4.00. The molecule has 1 N–H and O–H groups in total. The Kier molecular flexibility index (Phi) is 7.57. The molecule has 4 rings (SSSR count). The molecule has 1 fully saturated rings. The van der Waals surface area contributed by atoms with Crippen LogP contribution in [0.3, 0.4) is 0 Å². The minimum atomic E-state index is -0.379. The Morgan fingerprint density at radius 3 is 2.59 bits per heavy atom. The van der Waals surface area contributed by atoms with Crippen molar-refractivity contribution in [2.75, 3.05) is 19.7 Å². The molecular formula is C26H28FN3O4. The fourth-order valence-corrected chi connectivity index (χ4v) is 4.00. The van der Waals surface area contributed by atoms with Crippen molar-refractivity contribution in [3.8, 4) is 17.1 Å². The van der Waals surface area contributed by atoms with Gasteiger partial charge < -0.3 is 19.4 Å². The second kappa shape index (κ2) is 11.0. The van der Waals surface area contributed by atoms with Gasteiger partial charge in [-0.2, -0.15) is 0 Å². The van der Waals surface area contributed by atoms with E-state index in [1.807, 2.05) is 11.8 Å². The second-order valence-corrected chi connectivity index (χ2v) is 8.19. The summed E-state index contributed by atoms with van der Waals surface area (Å²) < 4.78 is 24.9. The maximum Gasteiger partial charge on any atom is 0.253 e. The predicted molar refractivity (Wildman–Crippen MR) is 125 cm³/mol. The van der Waals surface area contributed by atoms with Crippen molar-refractivity contribution in [1.82, 2.24) is 15.2 Å². The zero-order valence-corrected chi connectivity index (χ0v) is 19.1. The summed E-state index contributed by atoms with van der Waals surface area (Å²) in [7, 11) is 0. The number of nitrogens with zero attached hydrogens (tertiary/aromatic N) is 2. The SMILES string of the molecule is CCOc1ccc(C(=O)N2CCC(NC(=O)CCc3ncc(-c4ccccc4F)o3)CC2)cc1. The zero-order chi connectivity index (χ0) is 23.9. The van der Waals surface area contributed by atoms with Gasteiger partial charge in [0.1, 0.15) is 11.6 Å². The van der Waals surface area contributed by atoms with Gasteiger partial charge in [0, 0.05) is 37.5 Å². The van der Waals surface area contributed by atoms with Crippen molar-refractivity contribution in [3.05, 3.63) is 72.0 Å². The zero-order valence-electron chi connectivity index (χ0n) is 19.1. The van der Waals surface area contributed by atoms with Crippen LogP contribution in [0.25, 0.3) is 11.3 Å². The normalized spacial score (nSPS) is 14.1. The highest BCUT2D eigenvalue weighted by atomic mass is 19.1. The molecule has 0 atom stereocenters. The number of oxazole rings is 1. The lowest BCUT2D eigenvalue weighted by molar-refractivity contribution is -0.122. The monoisotopic (exact) mass is 465 g/mol. The number of likely N-dealkylation sites (tertiary alicyclic amines) is 1. The summed E-state index contributed by atoms with van der Waals surface area (Å²) in [6, 6.07) is 13.5. The van der Waals surface area contributed by atoms with Crippen LogP contribution in [-0.2, 0) is 11.2 Å². The number of nitrogens with one attached hydrogen (secondary N) is 1. The van der Waals surface area contributed by atoms with Crippen LogP contribution in [0.1, 0.15) is 42.4 Å². The third-order valence-electron chi connectivity index (χ3n) is 5.82. The summed E-state index contributed by atoms with van der Waals surface area (Å²) in [6.07, 6.45) is 3.43. The molecule has 178 valence electrons. The standard InChI is InChI=1S/C26H28FN3O4/c1-2-33-20-9-7-18(8-10-20)26(32)30-15-13-19(14-16-30)29-24(31)11-12-25-28-17-23(34-25)21-5-3-4-6-22(21)27/h3-10,17,19H,2,11-16H2,1H3,(H,29,31). The first-order chi connectivity index (χ1) is 16.5. The fraction of sp³-hybridized carbons (Fsp3) is 0.346. The topological polar surface area (TPSA) is 84.7 Å². The Morgan fingerprint density at radius 1 is 1.15 bits per heavy atom. The molecular weight excluding hydrogens is 437 g/mol. The average molecular weight is 466 g/mol. The van der Waals surface area contributed by atoms with Gasteiger partial charge >= 0.3 is 0 Å². The molecule has 0 unspecified atom stereocenters. The molecule has 7 nitrogen and oxygen atoms in total. The first-order valence-electron chi connectivity index (χ1n) is 11.5. The first-order valence-corrected chi connectivity index (χ1v) is 11.5. The number of rotatable bonds is 8. The van der Waals surface area contributed by atoms with Gasteiger partial charge in [0.15, 0.2) is 11.7 Å². The molecule has 34 heavy (non-hydrogen) atoms. The number of ether oxygens (including phenoxy) is 1. The van der Waals surface area contributed by atoms with E-state index in [1.54, 1.807) is 42.5 Å². The minimum absolute atomic E-state index is 0.0117. The summed E-state index contributed by atoms with van der Waals surface area (Å²) in [6.45, 7) is 3.67. The number of halogens is 1. The molecule has 1 saturated heterocycles. The van der Waals surface area contributed by atoms with Crippen molar-refractivity contribution in [2.45, 2.75) is 38.6 Å². The third kappa shape index (κ3) is 5.81. The van der Waals surface area contributed by atoms with E-state index in [4.69, 9.17) is 9.15 Å². The van der Waals surface area contributed by atoms with Gasteiger partial charge in [-0.25, -0.2) is 9.37 Å². The van der Waals surface area contributed by atoms with Crippen LogP contribution in [-0.4, -0.2) is 47.4 Å². The summed E-state index contributed by atoms with van der Waals surface area (Å²) >= 11 is 0. The number of hydrogen-bond acceptors (Lipinski definition) is 5. The highest BCUT2D eigenvalue weighted by molar-refractivity contribution is 5.94. The van der Waals surface area contributed by atoms with Crippen LogP contribution >= 0.6 is 0 Å². The number of aryl methyl sites for hydroxylation is 1. The van der Waals surface area contributed by atoms with Crippen LogP contribution < -0.4 is 10.1 Å². The van der Waals surface area contributed by atoms with Crippen LogP contribution in [0.2, 0.25) is 0 Å². The number of hydrogen-bond donors (Lipinski definition) is 1. The smallest absolute Gasteiger partial charge is 0.253 e. The van der Waals surface area contributed by atoms with Crippen LogP contribution in [0.15, 0.2) is 59.1 Å². The third-order valence-corrected chi connectivity index (χ3v) is 5.82. The van der Waals surface area contributed by atoms with E-state index in [9.17, 15) is 14.0 Å². The van der Waals surface area contributed by atoms with Crippen LogP contribution in [0.5, 0.6) is 5.75 Å². The Balaban J connectivity index is 1.21. The molecule has 1 aliphatic rings. The van der Waals surface area contributed by atoms with E-state index in [0.29, 0.717) is 61.7 Å². The molecule has 2 amide bonds. The van der Waals surface area contributed by atoms with E-state index in [2.05, 4.69) is 10.3 Å². The van der Waals surface area contributed by atoms with E-state index in [0.717, 1.165) is 5.75 Å². The van der Waals surface area contributed by atoms with Gasteiger partial charge in [-0.15, -0.1) is 0 Å². The summed E-state index contributed by atoms with van der Waals surface area (Å²) in [5.41, 5.74) is 0.976. The molecule has 0 radical (unpaired) electrons. The Labute approximate surface area is 197 Å². The Morgan fingerprint density at radius 2 is 1.88 bits per heavy atom. The van der Waals surface area contributed by atoms with Crippen LogP contribution in [0, 0.1) is 5.82 Å². The number of carbonyl (C=O) groups excluding carboxylic acids is 2. The molecule has 1 aliphatic heterocycles. The maximum absolute atomic E-state index is 13.9. The Hall–Kier alpha value is -3.68. The second-order valence-electron chi connectivity index (χ2n) is 8.19. The number of benzene rings is 2. The lowest BCUT2D eigenvalue weighted by Crippen LogP contribution is -2.46. The molecule has 0 spiro atoms. The number of aromatic nitrogens is 1. The summed E-state index contributed by atoms with van der Waals surface area (Å²) in [4.78, 5) is 31.1. The molecule has 0 bridgehead atoms. The lowest BCUT2D eigenvalue weighted by atomic mass is 10.0. The van der Waals surface area contributed by atoms with Gasteiger partial charge in [-0.3, -0.25) is 9.59 Å². The van der Waals surface area contributed by atoms with E-state index >= 15 is 0 Å². The van der Waals surface area contributed by atoms with Gasteiger partial charge in [0.25, 0.3) is 5.91 Å². The van der Waals surface area contributed by atoms with Gasteiger partial charge in [-0.1, -0.05) is 12.1 Å². The quantitative estimate of drug-likeness (QED) is 0.538. The van der Waals surface area contributed by atoms with Crippen molar-refractivity contribution in [2.24, 2.45) is 0 Å². The molecule has 2 heterocycles. The molecule has 3 aromatic rings. The highest BCUT2D eigenvalue weighted by Gasteiger charge is 2.24. The van der Waals surface area contributed by atoms with E-state index in [-0.39, 0.29) is 30.1 Å². The van der Waals surface area contributed by atoms with E-state index < -0.39 is 0 Å². The van der Waals surface area contributed by atoms with Gasteiger partial charge in [0.2, 0.25) is 5.91 Å². The van der Waals surface area contributed by atoms with E-state index in [1.165, 1.54) is 12.3 Å². The average Bonchev–Trinajstić information content (AvgIpc) is 3.33. The molecule has 8 heteroatoms. The van der Waals surface area contributed by atoms with Crippen LogP contribution in [0.4, 0.5) is 4.39 Å². The molecule has 0 saturated carbocycles. The molecule has 2 aromatic carbocycles. The van der Waals surface area contributed by atoms with Crippen molar-refractivity contribution < 1.29 is 23.1 Å². The first kappa shape index (κ1) is 23.5. The van der Waals surface area contributed by atoms with Crippen molar-refractivity contribution >= 4 is 11.8 Å². The van der Waals surface area contributed by atoms with Gasteiger partial charge in [0.05, 0.1) is 18.4 Å². The van der Waals surface area contributed by atoms with Crippen molar-refractivity contribution in [1.29, 1.82) is 0 Å². The van der Waals surface area contributed by atoms with Crippen molar-refractivity contribution in [3.63, 3.8) is 0 Å². The largest absolute Gasteiger partial charge is 0.494 e. The molecule has 1 aromatic heterocycles. The Bertz CT molecular complexity index is 1120. The molecule has 0 aliphatic carbocycles. The predicted octanol–water partition coefficient (Wildman–Crippen LogP) is 4.23. The summed E-state index contributed by atoms with van der Waals surface area (Å²) in [5.74, 6) is 0.996. The number of piperidine rings is 1. The maximum atomic E-state index is 13.9. The van der Waals surface area contributed by atoms with Gasteiger partial charge in [-0.05, 0) is 56.2 Å². The lowest BCUT2D eigenvalue weighted by Gasteiger charge is -2.32. The summed E-state index contributed by atoms with van der Waals surface area (Å²) in [5, 5.41) is 3.03. The highest BCUT2D eigenvalue weighted by Crippen LogP contribution is 2.23.